The summed E-state index contributed by atoms with van der Waals surface area (Å²) >= 11 is 0. The van der Waals surface area contributed by atoms with E-state index in [1.807, 2.05) is 31.2 Å². The third-order valence-electron chi connectivity index (χ3n) is 3.25. The molecule has 6 heteroatoms. The quantitative estimate of drug-likeness (QED) is 0.605. The first-order valence-electron chi connectivity index (χ1n) is 7.08. The first-order valence-corrected chi connectivity index (χ1v) is 7.08. The summed E-state index contributed by atoms with van der Waals surface area (Å²) in [5.41, 5.74) is 2.89. The molecule has 1 unspecified atom stereocenters. The Bertz CT molecular complexity index is 593. The molecule has 1 heterocycles. The monoisotopic (exact) mass is 301 g/mol. The molecule has 0 saturated carbocycles. The average molecular weight is 301 g/mol. The van der Waals surface area contributed by atoms with E-state index in [0.29, 0.717) is 19.5 Å². The molecule has 0 saturated heterocycles. The molecule has 1 aromatic rings. The molecule has 1 aromatic carbocycles. The Balaban J connectivity index is 1.76. The van der Waals surface area contributed by atoms with Gasteiger partial charge >= 0.3 is 0 Å². The van der Waals surface area contributed by atoms with Crippen LogP contribution in [0.2, 0.25) is 0 Å². The summed E-state index contributed by atoms with van der Waals surface area (Å²) in [6.07, 6.45) is 1.00. The van der Waals surface area contributed by atoms with E-state index in [1.54, 1.807) is 0 Å². The zero-order valence-corrected chi connectivity index (χ0v) is 12.5. The van der Waals surface area contributed by atoms with Crippen molar-refractivity contribution in [1.29, 1.82) is 0 Å². The van der Waals surface area contributed by atoms with Crippen molar-refractivity contribution < 1.29 is 14.4 Å². The Kier molecular flexibility index (Phi) is 5.30. The molecule has 0 bridgehead atoms. The molecular formula is C16H19N3O3. The van der Waals surface area contributed by atoms with Crippen molar-refractivity contribution in [1.82, 2.24) is 10.6 Å². The van der Waals surface area contributed by atoms with Crippen LogP contribution in [0, 0.1) is 6.92 Å². The smallest absolute Gasteiger partial charge is 0.264 e. The third kappa shape index (κ3) is 4.18. The molecule has 1 aliphatic heterocycles. The van der Waals surface area contributed by atoms with Crippen LogP contribution in [0.5, 0.6) is 0 Å². The second-order valence-electron chi connectivity index (χ2n) is 4.99. The van der Waals surface area contributed by atoms with E-state index in [-0.39, 0.29) is 11.8 Å². The molecule has 0 aromatic heterocycles. The van der Waals surface area contributed by atoms with Crippen LogP contribution in [0.4, 0.5) is 0 Å². The number of aryl methyl sites for hydroxylation is 1. The lowest BCUT2D eigenvalue weighted by molar-refractivity contribution is -0.131. The van der Waals surface area contributed by atoms with Gasteiger partial charge in [-0.05, 0) is 18.6 Å². The third-order valence-corrected chi connectivity index (χ3v) is 3.25. The number of rotatable bonds is 6. The summed E-state index contributed by atoms with van der Waals surface area (Å²) in [6.45, 7) is 6.03. The minimum absolute atomic E-state index is 0.237. The Morgan fingerprint density at radius 3 is 2.68 bits per heavy atom. The molecule has 1 aliphatic rings. The molecule has 2 N–H and O–H groups in total. The number of benzene rings is 1. The number of carbonyl (C=O) groups excluding carboxylic acids is 2. The topological polar surface area (TPSA) is 79.8 Å². The van der Waals surface area contributed by atoms with Crippen LogP contribution < -0.4 is 10.6 Å². The van der Waals surface area contributed by atoms with E-state index in [9.17, 15) is 9.59 Å². The van der Waals surface area contributed by atoms with Crippen molar-refractivity contribution in [3.05, 3.63) is 48.0 Å². The lowest BCUT2D eigenvalue weighted by Gasteiger charge is -2.09. The summed E-state index contributed by atoms with van der Waals surface area (Å²) in [4.78, 5) is 28.1. The molecule has 116 valence electrons. The fourth-order valence-corrected chi connectivity index (χ4v) is 1.99. The number of amides is 2. The first-order chi connectivity index (χ1) is 10.6. The molecular weight excluding hydrogens is 282 g/mol. The summed E-state index contributed by atoms with van der Waals surface area (Å²) < 4.78 is 0. The van der Waals surface area contributed by atoms with Gasteiger partial charge in [0.25, 0.3) is 5.91 Å². The maximum Gasteiger partial charge on any atom is 0.264 e. The van der Waals surface area contributed by atoms with Gasteiger partial charge in [0.15, 0.2) is 0 Å². The van der Waals surface area contributed by atoms with E-state index >= 15 is 0 Å². The van der Waals surface area contributed by atoms with Crippen molar-refractivity contribution in [3.8, 4) is 0 Å². The van der Waals surface area contributed by atoms with Crippen molar-refractivity contribution >= 4 is 17.5 Å². The number of nitrogens with zero attached hydrogens (tertiary/aromatic N) is 1. The van der Waals surface area contributed by atoms with Crippen LogP contribution in [-0.2, 0) is 14.4 Å². The molecule has 6 nitrogen and oxygen atoms in total. The Morgan fingerprint density at radius 1 is 1.32 bits per heavy atom. The Hall–Kier alpha value is -2.63. The van der Waals surface area contributed by atoms with Gasteiger partial charge in [-0.15, -0.1) is 0 Å². The standard InChI is InChI=1S/C16H19N3O3/c1-3-15(20)17-8-9-18-16(21)14-10-13(19-22-14)12-6-4-11(2)5-7-12/h3-7,14H,1,8-10H2,2H3,(H,17,20)(H,18,21). The van der Waals surface area contributed by atoms with Gasteiger partial charge in [-0.3, -0.25) is 9.59 Å². The van der Waals surface area contributed by atoms with Crippen LogP contribution >= 0.6 is 0 Å². The molecule has 2 rings (SSSR count). The second kappa shape index (κ2) is 7.40. The van der Waals surface area contributed by atoms with Crippen LogP contribution in [0.15, 0.2) is 42.1 Å². The fraction of sp³-hybridized carbons (Fsp3) is 0.312. The predicted molar refractivity (Wildman–Crippen MR) is 83.4 cm³/mol. The van der Waals surface area contributed by atoms with E-state index in [1.165, 1.54) is 11.6 Å². The lowest BCUT2D eigenvalue weighted by Crippen LogP contribution is -2.39. The van der Waals surface area contributed by atoms with E-state index < -0.39 is 6.10 Å². The first kappa shape index (κ1) is 15.8. The highest BCUT2D eigenvalue weighted by molar-refractivity contribution is 6.04. The number of hydrogen-bond donors (Lipinski definition) is 2. The summed E-state index contributed by atoms with van der Waals surface area (Å²) in [7, 11) is 0. The molecule has 0 fully saturated rings. The number of oxime groups is 1. The van der Waals surface area contributed by atoms with Gasteiger partial charge in [-0.2, -0.15) is 0 Å². The molecule has 1 atom stereocenters. The lowest BCUT2D eigenvalue weighted by atomic mass is 10.0. The normalized spacial score (nSPS) is 16.4. The van der Waals surface area contributed by atoms with Gasteiger partial charge in [0.1, 0.15) is 0 Å². The van der Waals surface area contributed by atoms with Crippen molar-refractivity contribution in [2.24, 2.45) is 5.16 Å². The van der Waals surface area contributed by atoms with E-state index in [4.69, 9.17) is 4.84 Å². The van der Waals surface area contributed by atoms with Crippen molar-refractivity contribution in [2.45, 2.75) is 19.4 Å². The summed E-state index contributed by atoms with van der Waals surface area (Å²) in [5.74, 6) is -0.505. The maximum atomic E-state index is 11.9. The van der Waals surface area contributed by atoms with Crippen LogP contribution in [0.3, 0.4) is 0 Å². The van der Waals surface area contributed by atoms with Gasteiger partial charge in [0.05, 0.1) is 5.71 Å². The molecule has 0 spiro atoms. The number of nitrogens with one attached hydrogen (secondary N) is 2. The van der Waals surface area contributed by atoms with Gasteiger partial charge in [-0.25, -0.2) is 0 Å². The van der Waals surface area contributed by atoms with Gasteiger partial charge in [0, 0.05) is 19.5 Å². The zero-order chi connectivity index (χ0) is 15.9. The van der Waals surface area contributed by atoms with Crippen molar-refractivity contribution in [3.63, 3.8) is 0 Å². The van der Waals surface area contributed by atoms with Crippen LogP contribution in [0.25, 0.3) is 0 Å². The molecule has 2 amide bonds. The SMILES string of the molecule is C=CC(=O)NCCNC(=O)C1CC(c2ccc(C)cc2)=NO1. The second-order valence-corrected chi connectivity index (χ2v) is 4.99. The van der Waals surface area contributed by atoms with Gasteiger partial charge in [-0.1, -0.05) is 41.6 Å². The van der Waals surface area contributed by atoms with Crippen LogP contribution in [-0.4, -0.2) is 36.7 Å². The van der Waals surface area contributed by atoms with Gasteiger partial charge in [0.2, 0.25) is 12.0 Å². The summed E-state index contributed by atoms with van der Waals surface area (Å²) in [6, 6.07) is 7.91. The van der Waals surface area contributed by atoms with E-state index in [0.717, 1.165) is 11.3 Å². The highest BCUT2D eigenvalue weighted by Gasteiger charge is 2.28. The van der Waals surface area contributed by atoms with Crippen LogP contribution in [0.1, 0.15) is 17.5 Å². The van der Waals surface area contributed by atoms with Gasteiger partial charge < -0.3 is 15.5 Å². The highest BCUT2D eigenvalue weighted by atomic mass is 16.6. The molecule has 22 heavy (non-hydrogen) atoms. The predicted octanol–water partition coefficient (Wildman–Crippen LogP) is 0.906. The fourth-order valence-electron chi connectivity index (χ4n) is 1.99. The Morgan fingerprint density at radius 2 is 2.00 bits per heavy atom. The number of carbonyl (C=O) groups is 2. The van der Waals surface area contributed by atoms with E-state index in [2.05, 4.69) is 22.4 Å². The molecule has 0 aliphatic carbocycles. The Labute approximate surface area is 129 Å². The minimum atomic E-state index is -0.619. The largest absolute Gasteiger partial charge is 0.382 e. The highest BCUT2D eigenvalue weighted by Crippen LogP contribution is 2.17. The zero-order valence-electron chi connectivity index (χ0n) is 12.5. The molecule has 0 radical (unpaired) electrons. The minimum Gasteiger partial charge on any atom is -0.382 e. The number of hydrogen-bond acceptors (Lipinski definition) is 4. The van der Waals surface area contributed by atoms with Crippen molar-refractivity contribution in [2.75, 3.05) is 13.1 Å². The summed E-state index contributed by atoms with van der Waals surface area (Å²) in [5, 5.41) is 9.26. The average Bonchev–Trinajstić information content (AvgIpc) is 3.01. The maximum absolute atomic E-state index is 11.9.